The van der Waals surface area contributed by atoms with Crippen LogP contribution in [-0.2, 0) is 5.41 Å². The van der Waals surface area contributed by atoms with E-state index in [0.29, 0.717) is 0 Å². The molecule has 0 unspecified atom stereocenters. The fourth-order valence-corrected chi connectivity index (χ4v) is 7.23. The van der Waals surface area contributed by atoms with Gasteiger partial charge in [-0.3, -0.25) is 9.13 Å². The van der Waals surface area contributed by atoms with Crippen molar-refractivity contribution in [1.29, 1.82) is 0 Å². The van der Waals surface area contributed by atoms with Gasteiger partial charge in [0.05, 0.1) is 61.8 Å². The number of hydrogen-bond acceptors (Lipinski definition) is 3. The van der Waals surface area contributed by atoms with Crippen molar-refractivity contribution in [2.45, 2.75) is 5.41 Å². The molecule has 5 heteroatoms. The third kappa shape index (κ3) is 5.13. The second kappa shape index (κ2) is 13.3. The largest absolute Gasteiger partial charge is 0.278 e. The smallest absolute Gasteiger partial charge is 0.240 e. The minimum absolute atomic E-state index is 0.0870. The zero-order valence-electron chi connectivity index (χ0n) is 54.0. The van der Waals surface area contributed by atoms with Gasteiger partial charge in [0.2, 0.25) is 11.9 Å². The maximum atomic E-state index is 10.4. The van der Waals surface area contributed by atoms with Crippen LogP contribution in [0.2, 0.25) is 0 Å². The number of rotatable bonds is 7. The van der Waals surface area contributed by atoms with Gasteiger partial charge in [0.25, 0.3) is 0 Å². The molecule has 0 saturated heterocycles. The molecule has 3 heterocycles. The minimum Gasteiger partial charge on any atom is -0.278 e. The van der Waals surface area contributed by atoms with Gasteiger partial charge in [-0.25, -0.2) is 0 Å². The number of benzene rings is 8. The van der Waals surface area contributed by atoms with Crippen molar-refractivity contribution in [2.75, 3.05) is 0 Å². The normalized spacial score (nSPS) is 18.0. The summed E-state index contributed by atoms with van der Waals surface area (Å²) in [5.74, 6) is -2.61. The highest BCUT2D eigenvalue weighted by Gasteiger charge is 2.38. The highest BCUT2D eigenvalue weighted by atomic mass is 15.3. The number of aromatic nitrogens is 5. The number of nitrogens with zero attached hydrogens (tertiary/aromatic N) is 5. The van der Waals surface area contributed by atoms with E-state index in [4.69, 9.17) is 30.5 Å². The highest BCUT2D eigenvalue weighted by molar-refractivity contribution is 6.10. The number of para-hydroxylation sites is 4. The van der Waals surface area contributed by atoms with E-state index in [2.05, 4.69) is 4.98 Å². The molecule has 0 atom stereocenters. The molecule has 0 aliphatic heterocycles. The summed E-state index contributed by atoms with van der Waals surface area (Å²) < 4.78 is 230. The van der Waals surface area contributed by atoms with Gasteiger partial charge in [-0.2, -0.15) is 15.0 Å². The summed E-state index contributed by atoms with van der Waals surface area (Å²) in [7, 11) is 0. The van der Waals surface area contributed by atoms with Gasteiger partial charge < -0.3 is 0 Å². The second-order valence-electron chi connectivity index (χ2n) is 12.6. The third-order valence-corrected chi connectivity index (χ3v) is 9.59. The van der Waals surface area contributed by atoms with Gasteiger partial charge in [0.15, 0.2) is 5.82 Å². The third-order valence-electron chi connectivity index (χ3n) is 9.59. The molecule has 11 aromatic rings. The maximum Gasteiger partial charge on any atom is 0.240 e. The van der Waals surface area contributed by atoms with Crippen LogP contribution < -0.4 is 0 Å². The van der Waals surface area contributed by atoms with E-state index in [-0.39, 0.29) is 11.1 Å². The van der Waals surface area contributed by atoms with Gasteiger partial charge >= 0.3 is 0 Å². The lowest BCUT2D eigenvalue weighted by Crippen LogP contribution is -2.31. The number of hydrogen-bond donors (Lipinski definition) is 0. The van der Waals surface area contributed by atoms with E-state index in [9.17, 15) is 13.7 Å². The molecule has 0 fully saturated rings. The van der Waals surface area contributed by atoms with Gasteiger partial charge in [-0.15, -0.1) is 0 Å². The molecule has 3 aromatic heterocycles. The van der Waals surface area contributed by atoms with Crippen LogP contribution in [0.5, 0.6) is 0 Å². The Bertz CT molecular complexity index is 4290. The van der Waals surface area contributed by atoms with Crippen molar-refractivity contribution < 1.29 is 34.3 Å². The van der Waals surface area contributed by atoms with Crippen molar-refractivity contribution in [1.82, 2.24) is 24.1 Å². The van der Waals surface area contributed by atoms with Crippen molar-refractivity contribution in [3.8, 4) is 23.3 Å². The molecule has 11 rings (SSSR count). The Morgan fingerprint density at radius 1 is 0.368 bits per heavy atom. The Balaban J connectivity index is 1.43. The van der Waals surface area contributed by atoms with Crippen LogP contribution in [0.1, 0.15) is 56.5 Å². The van der Waals surface area contributed by atoms with E-state index >= 15 is 0 Å². The van der Waals surface area contributed by atoms with Crippen LogP contribution in [0.25, 0.3) is 66.9 Å². The quantitative estimate of drug-likeness (QED) is 0.152. The summed E-state index contributed by atoms with van der Waals surface area (Å²) in [6, 6.07) is -5.59. The minimum atomic E-state index is -2.36. The summed E-state index contributed by atoms with van der Waals surface area (Å²) in [6.07, 6.45) is 0. The Kier molecular flexibility index (Phi) is 3.78. The van der Waals surface area contributed by atoms with Gasteiger partial charge in [0, 0.05) is 27.1 Å². The molecule has 0 aliphatic rings. The lowest BCUT2D eigenvalue weighted by molar-refractivity contribution is 0.745. The first-order chi connectivity index (χ1) is 38.7. The maximum absolute atomic E-state index is 10.4. The molecule has 268 valence electrons. The second-order valence-corrected chi connectivity index (χ2v) is 12.6. The fraction of sp³-hybridized carbons (Fsp3) is 0.0192. The van der Waals surface area contributed by atoms with E-state index in [1.807, 2.05) is 0 Å². The zero-order chi connectivity index (χ0) is 59.5. The van der Waals surface area contributed by atoms with Crippen molar-refractivity contribution in [2.24, 2.45) is 0 Å². The monoisotopic (exact) mass is 754 g/mol. The Labute approximate surface area is 364 Å². The molecule has 0 saturated carbocycles. The summed E-state index contributed by atoms with van der Waals surface area (Å²) >= 11 is 0. The first-order valence-electron chi connectivity index (χ1n) is 29.8. The average molecular weight is 755 g/mol. The Hall–Kier alpha value is -7.63. The summed E-state index contributed by atoms with van der Waals surface area (Å²) in [5, 5.41) is -1.88. The molecule has 5 nitrogen and oxygen atoms in total. The Morgan fingerprint density at radius 2 is 0.772 bits per heavy atom. The van der Waals surface area contributed by atoms with E-state index in [1.165, 1.54) is 24.3 Å². The standard InChI is InChI=1S/C52H35N5/c1-4-20-37(21-5-1)52(38-22-6-2-7-23-38,39-24-8-3-9-25-39)40-26-18-19-36(35-40)49-53-50(56-45-31-14-10-27-41(45)42-28-11-15-32-46(42)56)55-51(54-49)57-47-33-16-12-29-43(47)44-30-13-17-34-48(44)57/h1-35H/i1D,4D,5D,10D,11D,12D,13D,14D,15D,16D,17D,18D,19D,20D,21D,26D,27D,28D,29D,30D,31D,32D,33D,34D,35D. The lowest BCUT2D eigenvalue weighted by Gasteiger charge is -2.37. The SMILES string of the molecule is [2H]c1c([2H])c([2H])c(C(c2ccccc2)(c2ccccc2)c2c([2H])c([2H])c([2H])c(-c3nc(-n4c5c([2H])c([2H])c([2H])c([2H])c5c5c([2H])c([2H])c([2H])c([2H])c54)nc(-n4c5c([2H])c([2H])c([2H])c([2H])c5c5c([2H])c([2H])c([2H])c([2H])c54)n3)c2[2H])c([2H])c1[2H]. The molecule has 57 heavy (non-hydrogen) atoms. The van der Waals surface area contributed by atoms with Crippen molar-refractivity contribution in [3.05, 3.63) is 234 Å². The molecular formula is C52H35N5. The van der Waals surface area contributed by atoms with Gasteiger partial charge in [0.1, 0.15) is 0 Å². The topological polar surface area (TPSA) is 48.5 Å². The molecule has 0 spiro atoms. The average Bonchev–Trinajstić information content (AvgIpc) is 1.41. The zero-order valence-corrected chi connectivity index (χ0v) is 29.0. The first kappa shape index (κ1) is 16.2. The first-order valence-corrected chi connectivity index (χ1v) is 17.3. The highest BCUT2D eigenvalue weighted by Crippen LogP contribution is 2.46. The molecule has 0 N–H and O–H groups in total. The molecule has 8 aromatic carbocycles. The number of fused-ring (bicyclic) bond motifs is 6. The summed E-state index contributed by atoms with van der Waals surface area (Å²) in [4.78, 5) is 14.1. The summed E-state index contributed by atoms with van der Waals surface area (Å²) in [6.45, 7) is 0. The van der Waals surface area contributed by atoms with Crippen molar-refractivity contribution in [3.63, 3.8) is 0 Å². The van der Waals surface area contributed by atoms with E-state index in [1.54, 1.807) is 36.4 Å². The van der Waals surface area contributed by atoms with Crippen molar-refractivity contribution >= 4 is 43.6 Å². The van der Waals surface area contributed by atoms with E-state index in [0.717, 1.165) is 9.13 Å². The predicted octanol–water partition coefficient (Wildman–Crippen LogP) is 12.1. The van der Waals surface area contributed by atoms with Crippen LogP contribution in [0.3, 0.4) is 0 Å². The van der Waals surface area contributed by atoms with Crippen LogP contribution in [0, 0.1) is 0 Å². The Morgan fingerprint density at radius 3 is 1.23 bits per heavy atom. The van der Waals surface area contributed by atoms with Crippen LogP contribution in [0.15, 0.2) is 212 Å². The molecule has 0 radical (unpaired) electrons. The van der Waals surface area contributed by atoms with Gasteiger partial charge in [-0.05, 0) is 52.5 Å². The predicted molar refractivity (Wildman–Crippen MR) is 232 cm³/mol. The molecular weight excluding hydrogens is 695 g/mol. The lowest BCUT2D eigenvalue weighted by atomic mass is 9.65. The van der Waals surface area contributed by atoms with Crippen LogP contribution in [0.4, 0.5) is 0 Å². The van der Waals surface area contributed by atoms with Gasteiger partial charge in [-0.1, -0.05) is 182 Å². The summed E-state index contributed by atoms with van der Waals surface area (Å²) in [5.41, 5.74) is -6.35. The van der Waals surface area contributed by atoms with Crippen LogP contribution >= 0.6 is 0 Å². The fourth-order valence-electron chi connectivity index (χ4n) is 7.23. The van der Waals surface area contributed by atoms with E-state index < -0.39 is 234 Å². The molecule has 0 bridgehead atoms. The molecule has 0 amide bonds. The molecule has 0 aliphatic carbocycles. The van der Waals surface area contributed by atoms with Crippen LogP contribution in [-0.4, -0.2) is 24.1 Å².